The molecule has 104 valence electrons. The molecule has 0 fully saturated rings. The molecule has 0 saturated carbocycles. The van der Waals surface area contributed by atoms with Gasteiger partial charge in [0, 0.05) is 5.75 Å². The summed E-state index contributed by atoms with van der Waals surface area (Å²) in [5.41, 5.74) is 8.85. The minimum absolute atomic E-state index is 0.330. The van der Waals surface area contributed by atoms with Crippen LogP contribution in [0.1, 0.15) is 21.5 Å². The molecule has 0 aliphatic heterocycles. The molecule has 0 bridgehead atoms. The summed E-state index contributed by atoms with van der Waals surface area (Å²) < 4.78 is 4.69. The predicted octanol–water partition coefficient (Wildman–Crippen LogP) is 3.05. The molecule has 0 saturated heterocycles. The number of hydrogen-bond donors (Lipinski definition) is 1. The smallest absolute Gasteiger partial charge is 0.340 e. The average Bonchev–Trinajstić information content (AvgIpc) is 2.45. The first-order valence-corrected chi connectivity index (χ1v) is 7.11. The molecule has 5 heteroatoms. The lowest BCUT2D eigenvalue weighted by Gasteiger charge is -2.06. The monoisotopic (exact) mass is 288 g/mol. The molecule has 0 radical (unpaired) electrons. The molecule has 1 aromatic heterocycles. The minimum Gasteiger partial charge on any atom is -0.465 e. The highest BCUT2D eigenvalue weighted by Crippen LogP contribution is 2.24. The largest absolute Gasteiger partial charge is 0.465 e. The van der Waals surface area contributed by atoms with Crippen molar-refractivity contribution in [1.29, 1.82) is 0 Å². The molecule has 0 aliphatic rings. The quantitative estimate of drug-likeness (QED) is 0.692. The van der Waals surface area contributed by atoms with Crippen molar-refractivity contribution in [2.24, 2.45) is 0 Å². The van der Waals surface area contributed by atoms with E-state index in [0.717, 1.165) is 10.8 Å². The minimum atomic E-state index is -0.442. The third-order valence-corrected chi connectivity index (χ3v) is 3.78. The van der Waals surface area contributed by atoms with Crippen molar-refractivity contribution >= 4 is 23.4 Å². The van der Waals surface area contributed by atoms with E-state index in [-0.39, 0.29) is 0 Å². The Labute approximate surface area is 122 Å². The van der Waals surface area contributed by atoms with Crippen molar-refractivity contribution in [3.63, 3.8) is 0 Å². The molecule has 0 spiro atoms. The number of pyridine rings is 1. The first-order valence-electron chi connectivity index (χ1n) is 6.12. The number of nitrogens with zero attached hydrogens (tertiary/aromatic N) is 1. The molecule has 0 amide bonds. The second kappa shape index (κ2) is 6.43. The Kier molecular flexibility index (Phi) is 4.63. The lowest BCUT2D eigenvalue weighted by atomic mass is 10.2. The fourth-order valence-electron chi connectivity index (χ4n) is 1.77. The Morgan fingerprint density at radius 3 is 2.90 bits per heavy atom. The Morgan fingerprint density at radius 2 is 2.20 bits per heavy atom. The number of anilines is 1. The Hall–Kier alpha value is -2.01. The Morgan fingerprint density at radius 1 is 1.40 bits per heavy atom. The van der Waals surface area contributed by atoms with Gasteiger partial charge in [-0.1, -0.05) is 29.8 Å². The number of thioether (sulfide) groups is 1. The Balaban J connectivity index is 2.12. The van der Waals surface area contributed by atoms with Crippen molar-refractivity contribution in [1.82, 2.24) is 4.98 Å². The lowest BCUT2D eigenvalue weighted by molar-refractivity contribution is 0.0601. The van der Waals surface area contributed by atoms with Gasteiger partial charge in [-0.15, -0.1) is 11.8 Å². The van der Waals surface area contributed by atoms with Crippen LogP contribution in [0.2, 0.25) is 0 Å². The summed E-state index contributed by atoms with van der Waals surface area (Å²) in [5, 5.41) is 0.751. The van der Waals surface area contributed by atoms with Crippen molar-refractivity contribution < 1.29 is 9.53 Å². The van der Waals surface area contributed by atoms with Crippen LogP contribution in [0.25, 0.3) is 0 Å². The van der Waals surface area contributed by atoms with Crippen LogP contribution in [-0.4, -0.2) is 18.1 Å². The van der Waals surface area contributed by atoms with Crippen molar-refractivity contribution in [3.05, 3.63) is 53.2 Å². The number of carbonyl (C=O) groups is 1. The molecule has 2 rings (SSSR count). The average molecular weight is 288 g/mol. The summed E-state index contributed by atoms with van der Waals surface area (Å²) in [7, 11) is 1.34. The Bertz CT molecular complexity index is 629. The van der Waals surface area contributed by atoms with Gasteiger partial charge in [-0.05, 0) is 18.6 Å². The molecule has 2 aromatic rings. The second-order valence-electron chi connectivity index (χ2n) is 4.38. The zero-order chi connectivity index (χ0) is 14.5. The van der Waals surface area contributed by atoms with Crippen molar-refractivity contribution in [2.45, 2.75) is 17.7 Å². The van der Waals surface area contributed by atoms with Gasteiger partial charge in [-0.2, -0.15) is 0 Å². The van der Waals surface area contributed by atoms with Crippen LogP contribution in [0.5, 0.6) is 0 Å². The summed E-state index contributed by atoms with van der Waals surface area (Å²) >= 11 is 1.56. The molecule has 20 heavy (non-hydrogen) atoms. The summed E-state index contributed by atoms with van der Waals surface area (Å²) in [4.78, 5) is 15.8. The maximum Gasteiger partial charge on any atom is 0.340 e. The summed E-state index contributed by atoms with van der Waals surface area (Å²) in [6, 6.07) is 9.96. The summed E-state index contributed by atoms with van der Waals surface area (Å²) in [5.74, 6) is 0.349. The zero-order valence-corrected chi connectivity index (χ0v) is 12.2. The molecular formula is C15H16N2O2S. The van der Waals surface area contributed by atoms with Crippen LogP contribution in [-0.2, 0) is 10.5 Å². The zero-order valence-electron chi connectivity index (χ0n) is 11.4. The SMILES string of the molecule is COC(=O)c1cc(SCc2cccc(C)c2)ncc1N. The number of ether oxygens (including phenoxy) is 1. The normalized spacial score (nSPS) is 10.3. The molecule has 0 aliphatic carbocycles. The first-order chi connectivity index (χ1) is 9.60. The first kappa shape index (κ1) is 14.4. The number of hydrogen-bond acceptors (Lipinski definition) is 5. The third kappa shape index (κ3) is 3.51. The van der Waals surface area contributed by atoms with Crippen LogP contribution in [0.4, 0.5) is 5.69 Å². The molecule has 0 atom stereocenters. The number of rotatable bonds is 4. The fourth-order valence-corrected chi connectivity index (χ4v) is 2.59. The highest BCUT2D eigenvalue weighted by Gasteiger charge is 2.11. The van der Waals surface area contributed by atoms with Gasteiger partial charge in [-0.25, -0.2) is 9.78 Å². The number of aryl methyl sites for hydroxylation is 1. The number of aromatic nitrogens is 1. The molecule has 1 aromatic carbocycles. The van der Waals surface area contributed by atoms with Gasteiger partial charge >= 0.3 is 5.97 Å². The van der Waals surface area contributed by atoms with E-state index in [4.69, 9.17) is 10.5 Å². The number of esters is 1. The highest BCUT2D eigenvalue weighted by atomic mass is 32.2. The molecule has 0 unspecified atom stereocenters. The fraction of sp³-hybridized carbons (Fsp3) is 0.200. The van der Waals surface area contributed by atoms with Gasteiger partial charge in [0.15, 0.2) is 0 Å². The van der Waals surface area contributed by atoms with Crippen LogP contribution in [0.3, 0.4) is 0 Å². The highest BCUT2D eigenvalue weighted by molar-refractivity contribution is 7.98. The predicted molar refractivity (Wildman–Crippen MR) is 80.7 cm³/mol. The van der Waals surface area contributed by atoms with E-state index in [1.165, 1.54) is 24.4 Å². The van der Waals surface area contributed by atoms with E-state index >= 15 is 0 Å². The maximum atomic E-state index is 11.6. The number of nitrogen functional groups attached to an aromatic ring is 1. The van der Waals surface area contributed by atoms with Crippen LogP contribution < -0.4 is 5.73 Å². The molecule has 4 nitrogen and oxygen atoms in total. The van der Waals surface area contributed by atoms with Gasteiger partial charge in [0.25, 0.3) is 0 Å². The maximum absolute atomic E-state index is 11.6. The van der Waals surface area contributed by atoms with Gasteiger partial charge in [0.05, 0.1) is 29.6 Å². The van der Waals surface area contributed by atoms with E-state index in [1.807, 2.05) is 6.07 Å². The van der Waals surface area contributed by atoms with Gasteiger partial charge in [0.1, 0.15) is 0 Å². The van der Waals surface area contributed by atoms with Gasteiger partial charge < -0.3 is 10.5 Å². The summed E-state index contributed by atoms with van der Waals surface area (Å²) in [6.45, 7) is 2.06. The van der Waals surface area contributed by atoms with Crippen molar-refractivity contribution in [2.75, 3.05) is 12.8 Å². The molecule has 1 heterocycles. The molecule has 2 N–H and O–H groups in total. The number of carbonyl (C=O) groups excluding carboxylic acids is 1. The van der Waals surface area contributed by atoms with E-state index in [9.17, 15) is 4.79 Å². The van der Waals surface area contributed by atoms with E-state index in [2.05, 4.69) is 30.1 Å². The second-order valence-corrected chi connectivity index (χ2v) is 5.37. The number of nitrogens with two attached hydrogens (primary N) is 1. The topological polar surface area (TPSA) is 65.2 Å². The van der Waals surface area contributed by atoms with E-state index in [0.29, 0.717) is 11.3 Å². The molecular weight excluding hydrogens is 272 g/mol. The van der Waals surface area contributed by atoms with Crippen LogP contribution in [0, 0.1) is 6.92 Å². The van der Waals surface area contributed by atoms with Crippen LogP contribution in [0.15, 0.2) is 41.6 Å². The standard InChI is InChI=1S/C15H16N2O2S/c1-10-4-3-5-11(6-10)9-20-14-7-12(15(18)19-2)13(16)8-17-14/h3-8H,9,16H2,1-2H3. The number of methoxy groups -OCH3 is 1. The third-order valence-electron chi connectivity index (χ3n) is 2.78. The van der Waals surface area contributed by atoms with Crippen molar-refractivity contribution in [3.8, 4) is 0 Å². The number of benzene rings is 1. The lowest BCUT2D eigenvalue weighted by Crippen LogP contribution is -2.06. The van der Waals surface area contributed by atoms with Crippen LogP contribution >= 0.6 is 11.8 Å². The van der Waals surface area contributed by atoms with Gasteiger partial charge in [-0.3, -0.25) is 0 Å². The van der Waals surface area contributed by atoms with E-state index < -0.39 is 5.97 Å². The van der Waals surface area contributed by atoms with E-state index in [1.54, 1.807) is 17.8 Å². The van der Waals surface area contributed by atoms with Gasteiger partial charge in [0.2, 0.25) is 0 Å². The summed E-state index contributed by atoms with van der Waals surface area (Å²) in [6.07, 6.45) is 1.49.